The second-order valence-electron chi connectivity index (χ2n) is 6.74. The smallest absolute Gasteiger partial charge is 0.255 e. The van der Waals surface area contributed by atoms with Gasteiger partial charge in [-0.2, -0.15) is 5.10 Å². The lowest BCUT2D eigenvalue weighted by atomic mass is 10.1. The molecule has 0 aliphatic carbocycles. The Kier molecular flexibility index (Phi) is 5.44. The predicted octanol–water partition coefficient (Wildman–Crippen LogP) is 3.60. The molecule has 1 aromatic heterocycles. The van der Waals surface area contributed by atoms with E-state index in [0.29, 0.717) is 22.5 Å². The average Bonchev–Trinajstić information content (AvgIpc) is 3.00. The van der Waals surface area contributed by atoms with Crippen molar-refractivity contribution in [2.45, 2.75) is 13.8 Å². The van der Waals surface area contributed by atoms with Crippen molar-refractivity contribution in [1.82, 2.24) is 10.2 Å². The van der Waals surface area contributed by atoms with Crippen LogP contribution in [0.3, 0.4) is 0 Å². The molecule has 2 amide bonds. The van der Waals surface area contributed by atoms with Gasteiger partial charge in [0.15, 0.2) is 0 Å². The SMILES string of the molecule is Cc1n[nH]c(C)c1NC(=O)c1cccc(NC(=O)c2ccc(N(C)C)cc2)c1. The number of benzene rings is 2. The van der Waals surface area contributed by atoms with E-state index in [9.17, 15) is 9.59 Å². The zero-order valence-electron chi connectivity index (χ0n) is 16.3. The maximum Gasteiger partial charge on any atom is 0.255 e. The Morgan fingerprint density at radius 1 is 0.929 bits per heavy atom. The molecule has 3 aromatic rings. The fourth-order valence-electron chi connectivity index (χ4n) is 2.77. The van der Waals surface area contributed by atoms with Gasteiger partial charge >= 0.3 is 0 Å². The molecule has 0 radical (unpaired) electrons. The summed E-state index contributed by atoms with van der Waals surface area (Å²) in [6, 6.07) is 14.1. The van der Waals surface area contributed by atoms with Gasteiger partial charge in [-0.25, -0.2) is 0 Å². The van der Waals surface area contributed by atoms with Crippen molar-refractivity contribution in [2.24, 2.45) is 0 Å². The molecular formula is C21H23N5O2. The third kappa shape index (κ3) is 4.20. The molecule has 3 rings (SSSR count). The molecule has 0 unspecified atom stereocenters. The van der Waals surface area contributed by atoms with Crippen molar-refractivity contribution in [3.05, 3.63) is 71.0 Å². The Balaban J connectivity index is 1.72. The van der Waals surface area contributed by atoms with Gasteiger partial charge in [-0.3, -0.25) is 14.7 Å². The van der Waals surface area contributed by atoms with E-state index in [1.165, 1.54) is 0 Å². The van der Waals surface area contributed by atoms with Crippen LogP contribution in [0.25, 0.3) is 0 Å². The average molecular weight is 377 g/mol. The van der Waals surface area contributed by atoms with Crippen molar-refractivity contribution in [3.8, 4) is 0 Å². The van der Waals surface area contributed by atoms with Crippen molar-refractivity contribution >= 4 is 28.9 Å². The zero-order valence-corrected chi connectivity index (χ0v) is 16.3. The second-order valence-corrected chi connectivity index (χ2v) is 6.74. The maximum absolute atomic E-state index is 12.6. The van der Waals surface area contributed by atoms with Crippen LogP contribution in [0.2, 0.25) is 0 Å². The minimum atomic E-state index is -0.265. The topological polar surface area (TPSA) is 90.1 Å². The Morgan fingerprint density at radius 2 is 1.61 bits per heavy atom. The van der Waals surface area contributed by atoms with Gasteiger partial charge < -0.3 is 15.5 Å². The molecule has 3 N–H and O–H groups in total. The Labute approximate surface area is 163 Å². The first kappa shape index (κ1) is 19.2. The molecule has 0 fully saturated rings. The number of amides is 2. The summed E-state index contributed by atoms with van der Waals surface area (Å²) in [7, 11) is 3.89. The van der Waals surface area contributed by atoms with Crippen LogP contribution in [-0.2, 0) is 0 Å². The monoisotopic (exact) mass is 377 g/mol. The fraction of sp³-hybridized carbons (Fsp3) is 0.190. The number of nitrogens with zero attached hydrogens (tertiary/aromatic N) is 2. The van der Waals surface area contributed by atoms with Gasteiger partial charge in [0.25, 0.3) is 11.8 Å². The normalized spacial score (nSPS) is 10.4. The number of hydrogen-bond donors (Lipinski definition) is 3. The highest BCUT2D eigenvalue weighted by Gasteiger charge is 2.13. The summed E-state index contributed by atoms with van der Waals surface area (Å²) < 4.78 is 0. The lowest BCUT2D eigenvalue weighted by Gasteiger charge is -2.13. The zero-order chi connectivity index (χ0) is 20.3. The lowest BCUT2D eigenvalue weighted by molar-refractivity contribution is 0.101. The number of hydrogen-bond acceptors (Lipinski definition) is 4. The minimum absolute atomic E-state index is 0.232. The Morgan fingerprint density at radius 3 is 2.21 bits per heavy atom. The minimum Gasteiger partial charge on any atom is -0.378 e. The molecule has 0 aliphatic rings. The first-order valence-electron chi connectivity index (χ1n) is 8.87. The summed E-state index contributed by atoms with van der Waals surface area (Å²) in [4.78, 5) is 27.0. The highest BCUT2D eigenvalue weighted by molar-refractivity contribution is 6.07. The van der Waals surface area contributed by atoms with Crippen LogP contribution in [-0.4, -0.2) is 36.1 Å². The Hall–Kier alpha value is -3.61. The molecule has 0 spiro atoms. The van der Waals surface area contributed by atoms with E-state index in [-0.39, 0.29) is 11.8 Å². The lowest BCUT2D eigenvalue weighted by Crippen LogP contribution is -2.15. The van der Waals surface area contributed by atoms with Gasteiger partial charge in [0.2, 0.25) is 0 Å². The van der Waals surface area contributed by atoms with Gasteiger partial charge in [0, 0.05) is 36.6 Å². The standard InChI is InChI=1S/C21H23N5O2/c1-13-19(14(2)25-24-13)23-21(28)16-6-5-7-17(12-16)22-20(27)15-8-10-18(11-9-15)26(3)4/h5-12H,1-4H3,(H,22,27)(H,23,28)(H,24,25). The summed E-state index contributed by atoms with van der Waals surface area (Å²) in [5.74, 6) is -0.497. The van der Waals surface area contributed by atoms with Gasteiger partial charge in [-0.15, -0.1) is 0 Å². The number of rotatable bonds is 5. The van der Waals surface area contributed by atoms with E-state index in [1.807, 2.05) is 45.0 Å². The highest BCUT2D eigenvalue weighted by Crippen LogP contribution is 2.19. The maximum atomic E-state index is 12.6. The van der Waals surface area contributed by atoms with Gasteiger partial charge in [0.1, 0.15) is 0 Å². The number of aromatic amines is 1. The van der Waals surface area contributed by atoms with Crippen LogP contribution in [0.15, 0.2) is 48.5 Å². The quantitative estimate of drug-likeness (QED) is 0.634. The predicted molar refractivity (Wildman–Crippen MR) is 111 cm³/mol. The molecule has 1 heterocycles. The summed E-state index contributed by atoms with van der Waals surface area (Å²) in [5, 5.41) is 12.6. The molecule has 0 atom stereocenters. The fourth-order valence-corrected chi connectivity index (χ4v) is 2.77. The number of H-pyrrole nitrogens is 1. The van der Waals surface area contributed by atoms with E-state index >= 15 is 0 Å². The summed E-state index contributed by atoms with van der Waals surface area (Å²) in [6.07, 6.45) is 0. The molecule has 0 aliphatic heterocycles. The summed E-state index contributed by atoms with van der Waals surface area (Å²) in [5.41, 5.74) is 4.73. The van der Waals surface area contributed by atoms with E-state index in [4.69, 9.17) is 0 Å². The van der Waals surface area contributed by atoms with Crippen LogP contribution in [0.1, 0.15) is 32.1 Å². The van der Waals surface area contributed by atoms with Crippen molar-refractivity contribution in [1.29, 1.82) is 0 Å². The van der Waals surface area contributed by atoms with Crippen LogP contribution in [0.4, 0.5) is 17.1 Å². The van der Waals surface area contributed by atoms with Crippen LogP contribution >= 0.6 is 0 Å². The third-order valence-corrected chi connectivity index (χ3v) is 4.40. The molecule has 2 aromatic carbocycles. The second kappa shape index (κ2) is 7.96. The number of carbonyl (C=O) groups excluding carboxylic acids is 2. The van der Waals surface area contributed by atoms with Gasteiger partial charge in [0.05, 0.1) is 17.1 Å². The highest BCUT2D eigenvalue weighted by atomic mass is 16.2. The molecular weight excluding hydrogens is 354 g/mol. The van der Waals surface area contributed by atoms with Crippen molar-refractivity contribution < 1.29 is 9.59 Å². The number of aryl methyl sites for hydroxylation is 2. The van der Waals surface area contributed by atoms with Crippen molar-refractivity contribution in [3.63, 3.8) is 0 Å². The van der Waals surface area contributed by atoms with Gasteiger partial charge in [-0.1, -0.05) is 6.07 Å². The molecule has 144 valence electrons. The van der Waals surface area contributed by atoms with Crippen LogP contribution < -0.4 is 15.5 Å². The van der Waals surface area contributed by atoms with Crippen molar-refractivity contribution in [2.75, 3.05) is 29.6 Å². The summed E-state index contributed by atoms with van der Waals surface area (Å²) in [6.45, 7) is 3.66. The molecule has 0 bridgehead atoms. The number of anilines is 3. The number of nitrogens with one attached hydrogen (secondary N) is 3. The largest absolute Gasteiger partial charge is 0.378 e. The number of carbonyl (C=O) groups is 2. The molecule has 28 heavy (non-hydrogen) atoms. The molecule has 7 heteroatoms. The van der Waals surface area contributed by atoms with Crippen LogP contribution in [0.5, 0.6) is 0 Å². The molecule has 0 saturated carbocycles. The van der Waals surface area contributed by atoms with E-state index in [1.54, 1.807) is 36.4 Å². The van der Waals surface area contributed by atoms with E-state index < -0.39 is 0 Å². The van der Waals surface area contributed by atoms with E-state index in [0.717, 1.165) is 17.1 Å². The summed E-state index contributed by atoms with van der Waals surface area (Å²) >= 11 is 0. The van der Waals surface area contributed by atoms with Gasteiger partial charge in [-0.05, 0) is 56.3 Å². The first-order valence-corrected chi connectivity index (χ1v) is 8.87. The first-order chi connectivity index (χ1) is 13.3. The van der Waals surface area contributed by atoms with Crippen LogP contribution in [0, 0.1) is 13.8 Å². The number of aromatic nitrogens is 2. The molecule has 0 saturated heterocycles. The third-order valence-electron chi connectivity index (χ3n) is 4.40. The Bertz CT molecular complexity index is 986. The molecule has 7 nitrogen and oxygen atoms in total. The van der Waals surface area contributed by atoms with E-state index in [2.05, 4.69) is 20.8 Å².